The highest BCUT2D eigenvalue weighted by atomic mass is 16.6. The van der Waals surface area contributed by atoms with Gasteiger partial charge in [-0.05, 0) is 30.3 Å². The van der Waals surface area contributed by atoms with Crippen molar-refractivity contribution in [3.05, 3.63) is 94.1 Å². The predicted molar refractivity (Wildman–Crippen MR) is 103 cm³/mol. The summed E-state index contributed by atoms with van der Waals surface area (Å²) in [7, 11) is 0. The number of aliphatic hydroxyl groups excluding tert-OH is 1. The lowest BCUT2D eigenvalue weighted by Crippen LogP contribution is -2.33. The van der Waals surface area contributed by atoms with E-state index in [-0.39, 0.29) is 33.8 Å². The molecule has 142 valence electrons. The Bertz CT molecular complexity index is 1180. The SMILES string of the molecule is O=C1/C(=C(\O)c2ccncc2)c2ccc([N+](=O)[O-])cc2N1C(=O)c1ccncc1. The summed E-state index contributed by atoms with van der Waals surface area (Å²) in [6.07, 6.45) is 5.69. The maximum Gasteiger partial charge on any atom is 0.271 e. The number of pyridine rings is 2. The molecular formula is C20H12N4O5. The van der Waals surface area contributed by atoms with E-state index in [9.17, 15) is 24.8 Å². The van der Waals surface area contributed by atoms with Crippen molar-refractivity contribution in [2.45, 2.75) is 0 Å². The molecule has 1 aliphatic heterocycles. The van der Waals surface area contributed by atoms with Crippen molar-refractivity contribution in [3.8, 4) is 0 Å². The summed E-state index contributed by atoms with van der Waals surface area (Å²) in [6, 6.07) is 9.57. The van der Waals surface area contributed by atoms with Crippen molar-refractivity contribution in [3.63, 3.8) is 0 Å². The fourth-order valence-electron chi connectivity index (χ4n) is 3.07. The Labute approximate surface area is 163 Å². The molecule has 4 rings (SSSR count). The topological polar surface area (TPSA) is 127 Å². The standard InChI is InChI=1S/C20H12N4O5/c25-18(12-3-7-21-8-4-12)17-15-2-1-14(24(28)29)11-16(15)23(20(17)27)19(26)13-5-9-22-10-6-13/h1-11,25H/b18-17-. The number of aliphatic hydroxyl groups is 1. The van der Waals surface area contributed by atoms with Gasteiger partial charge in [0.15, 0.2) is 0 Å². The monoisotopic (exact) mass is 388 g/mol. The third-order valence-corrected chi connectivity index (χ3v) is 4.44. The average molecular weight is 388 g/mol. The maximum absolute atomic E-state index is 13.2. The van der Waals surface area contributed by atoms with Crippen LogP contribution in [0.25, 0.3) is 11.3 Å². The number of benzene rings is 1. The summed E-state index contributed by atoms with van der Waals surface area (Å²) in [4.78, 5) is 45.3. The third kappa shape index (κ3) is 3.00. The fraction of sp³-hybridized carbons (Fsp3) is 0. The molecule has 0 fully saturated rings. The number of non-ortho nitro benzene ring substituents is 1. The summed E-state index contributed by atoms with van der Waals surface area (Å²) >= 11 is 0. The molecule has 1 N–H and O–H groups in total. The minimum Gasteiger partial charge on any atom is -0.506 e. The zero-order valence-electron chi connectivity index (χ0n) is 14.7. The zero-order valence-corrected chi connectivity index (χ0v) is 14.7. The second-order valence-electron chi connectivity index (χ2n) is 6.10. The number of carbonyl (C=O) groups is 2. The molecular weight excluding hydrogens is 376 g/mol. The number of imide groups is 1. The van der Waals surface area contributed by atoms with Crippen LogP contribution in [0, 0.1) is 10.1 Å². The first kappa shape index (κ1) is 18.0. The molecule has 3 heterocycles. The second kappa shape index (κ2) is 6.97. The number of hydrogen-bond donors (Lipinski definition) is 1. The maximum atomic E-state index is 13.2. The Balaban J connectivity index is 1.93. The van der Waals surface area contributed by atoms with Gasteiger partial charge in [0.25, 0.3) is 17.5 Å². The number of nitrogens with zero attached hydrogens (tertiary/aromatic N) is 4. The van der Waals surface area contributed by atoms with Crippen molar-refractivity contribution in [1.29, 1.82) is 0 Å². The van der Waals surface area contributed by atoms with Crippen LogP contribution in [0.4, 0.5) is 11.4 Å². The predicted octanol–water partition coefficient (Wildman–Crippen LogP) is 3.00. The van der Waals surface area contributed by atoms with E-state index in [2.05, 4.69) is 9.97 Å². The molecule has 29 heavy (non-hydrogen) atoms. The second-order valence-corrected chi connectivity index (χ2v) is 6.10. The van der Waals surface area contributed by atoms with E-state index >= 15 is 0 Å². The van der Waals surface area contributed by atoms with Gasteiger partial charge in [-0.2, -0.15) is 0 Å². The number of carbonyl (C=O) groups excluding carboxylic acids is 2. The van der Waals surface area contributed by atoms with Gasteiger partial charge in [0.05, 0.1) is 16.2 Å². The summed E-state index contributed by atoms with van der Waals surface area (Å²) in [5, 5.41) is 21.9. The van der Waals surface area contributed by atoms with Gasteiger partial charge in [-0.25, -0.2) is 4.90 Å². The number of amides is 2. The van der Waals surface area contributed by atoms with Crippen LogP contribution >= 0.6 is 0 Å². The van der Waals surface area contributed by atoms with E-state index in [0.717, 1.165) is 11.0 Å². The molecule has 9 nitrogen and oxygen atoms in total. The summed E-state index contributed by atoms with van der Waals surface area (Å²) in [5.41, 5.74) is 0.345. The van der Waals surface area contributed by atoms with Gasteiger partial charge >= 0.3 is 0 Å². The fourth-order valence-corrected chi connectivity index (χ4v) is 3.07. The van der Waals surface area contributed by atoms with Crippen LogP contribution in [0.15, 0.2) is 67.3 Å². The van der Waals surface area contributed by atoms with Gasteiger partial charge in [0.2, 0.25) is 0 Å². The van der Waals surface area contributed by atoms with Crippen LogP contribution in [0.5, 0.6) is 0 Å². The molecule has 3 aromatic rings. The summed E-state index contributed by atoms with van der Waals surface area (Å²) < 4.78 is 0. The smallest absolute Gasteiger partial charge is 0.271 e. The van der Waals surface area contributed by atoms with Gasteiger partial charge in [0.1, 0.15) is 5.76 Å². The molecule has 0 saturated heterocycles. The highest BCUT2D eigenvalue weighted by molar-refractivity contribution is 6.44. The Kier molecular flexibility index (Phi) is 4.32. The molecule has 1 aromatic carbocycles. The van der Waals surface area contributed by atoms with E-state index in [1.54, 1.807) is 0 Å². The van der Waals surface area contributed by atoms with Crippen LogP contribution in [0.1, 0.15) is 21.5 Å². The number of aromatic nitrogens is 2. The van der Waals surface area contributed by atoms with Gasteiger partial charge in [-0.1, -0.05) is 0 Å². The quantitative estimate of drug-likeness (QED) is 0.240. The molecule has 0 radical (unpaired) electrons. The molecule has 9 heteroatoms. The molecule has 0 spiro atoms. The molecule has 0 saturated carbocycles. The number of rotatable bonds is 3. The Morgan fingerprint density at radius 3 is 2.14 bits per heavy atom. The van der Waals surface area contributed by atoms with E-state index < -0.39 is 16.7 Å². The largest absolute Gasteiger partial charge is 0.506 e. The summed E-state index contributed by atoms with van der Waals surface area (Å²) in [6.45, 7) is 0. The van der Waals surface area contributed by atoms with Gasteiger partial charge < -0.3 is 5.11 Å². The highest BCUT2D eigenvalue weighted by Crippen LogP contribution is 2.42. The Morgan fingerprint density at radius 1 is 0.966 bits per heavy atom. The number of anilines is 1. The molecule has 0 aliphatic carbocycles. The molecule has 0 unspecified atom stereocenters. The van der Waals surface area contributed by atoms with Gasteiger partial charge in [0, 0.05) is 53.6 Å². The number of fused-ring (bicyclic) bond motifs is 1. The van der Waals surface area contributed by atoms with Crippen LogP contribution in [-0.2, 0) is 4.79 Å². The van der Waals surface area contributed by atoms with Crippen LogP contribution < -0.4 is 4.90 Å². The number of nitro benzene ring substituents is 1. The minimum absolute atomic E-state index is 0.0293. The number of nitro groups is 1. The van der Waals surface area contributed by atoms with E-state index in [1.165, 1.54) is 61.2 Å². The van der Waals surface area contributed by atoms with E-state index in [1.807, 2.05) is 0 Å². The van der Waals surface area contributed by atoms with Crippen molar-refractivity contribution in [1.82, 2.24) is 9.97 Å². The average Bonchev–Trinajstić information content (AvgIpc) is 3.04. The lowest BCUT2D eigenvalue weighted by atomic mass is 10.0. The molecule has 0 atom stereocenters. The lowest BCUT2D eigenvalue weighted by molar-refractivity contribution is -0.384. The number of hydrogen-bond acceptors (Lipinski definition) is 7. The molecule has 2 aromatic heterocycles. The summed E-state index contributed by atoms with van der Waals surface area (Å²) in [5.74, 6) is -1.81. The van der Waals surface area contributed by atoms with Crippen LogP contribution in [0.3, 0.4) is 0 Å². The van der Waals surface area contributed by atoms with E-state index in [0.29, 0.717) is 5.56 Å². The first-order valence-corrected chi connectivity index (χ1v) is 8.40. The Hall–Kier alpha value is -4.40. The van der Waals surface area contributed by atoms with Crippen molar-refractivity contribution >= 4 is 34.5 Å². The molecule has 1 aliphatic rings. The van der Waals surface area contributed by atoms with Gasteiger partial charge in [-0.15, -0.1) is 0 Å². The first-order valence-electron chi connectivity index (χ1n) is 8.40. The minimum atomic E-state index is -0.781. The van der Waals surface area contributed by atoms with Gasteiger partial charge in [-0.3, -0.25) is 29.7 Å². The van der Waals surface area contributed by atoms with Crippen molar-refractivity contribution < 1.29 is 19.6 Å². The highest BCUT2D eigenvalue weighted by Gasteiger charge is 2.40. The van der Waals surface area contributed by atoms with Crippen molar-refractivity contribution in [2.75, 3.05) is 4.90 Å². The molecule has 0 bridgehead atoms. The lowest BCUT2D eigenvalue weighted by Gasteiger charge is -2.15. The third-order valence-electron chi connectivity index (χ3n) is 4.44. The van der Waals surface area contributed by atoms with E-state index in [4.69, 9.17) is 0 Å². The normalized spacial score (nSPS) is 14.5. The van der Waals surface area contributed by atoms with Crippen LogP contribution in [-0.4, -0.2) is 31.8 Å². The Morgan fingerprint density at radius 2 is 1.55 bits per heavy atom. The zero-order chi connectivity index (χ0) is 20.5. The first-order chi connectivity index (χ1) is 14.0. The van der Waals surface area contributed by atoms with Crippen LogP contribution in [0.2, 0.25) is 0 Å². The van der Waals surface area contributed by atoms with Crippen molar-refractivity contribution in [2.24, 2.45) is 0 Å². The molecule has 2 amide bonds.